The summed E-state index contributed by atoms with van der Waals surface area (Å²) in [5, 5.41) is 21.6. The van der Waals surface area contributed by atoms with Crippen molar-refractivity contribution in [3.63, 3.8) is 0 Å². The highest BCUT2D eigenvalue weighted by molar-refractivity contribution is 7.00. The lowest BCUT2D eigenvalue weighted by Crippen LogP contribution is -2.05. The minimum absolute atomic E-state index is 0.121. The van der Waals surface area contributed by atoms with E-state index in [0.29, 0.717) is 22.5 Å². The molecule has 6 rings (SSSR count). The van der Waals surface area contributed by atoms with Crippen LogP contribution in [0.5, 0.6) is 11.6 Å². The highest BCUT2D eigenvalue weighted by Crippen LogP contribution is 2.47. The van der Waals surface area contributed by atoms with Crippen LogP contribution in [-0.4, -0.2) is 39.3 Å². The summed E-state index contributed by atoms with van der Waals surface area (Å²) in [6.07, 6.45) is 3.17. The maximum absolute atomic E-state index is 13.1. The van der Waals surface area contributed by atoms with Gasteiger partial charge < -0.3 is 15.2 Å². The molecule has 0 amide bonds. The molecule has 0 saturated heterocycles. The third kappa shape index (κ3) is 2.45. The summed E-state index contributed by atoms with van der Waals surface area (Å²) in [7, 11) is 0. The van der Waals surface area contributed by atoms with Gasteiger partial charge in [-0.15, -0.1) is 0 Å². The van der Waals surface area contributed by atoms with E-state index in [1.807, 2.05) is 30.3 Å². The first-order chi connectivity index (χ1) is 14.6. The molecule has 0 radical (unpaired) electrons. The molecule has 3 heterocycles. The Morgan fingerprint density at radius 1 is 1.07 bits per heavy atom. The number of carbonyl (C=O) groups is 1. The molecular formula is C21H15N5O3S. The number of hydrogen-bond donors (Lipinski definition) is 3. The first-order valence-corrected chi connectivity index (χ1v) is 10.2. The zero-order chi connectivity index (χ0) is 20.4. The van der Waals surface area contributed by atoms with E-state index >= 15 is 0 Å². The molecule has 0 atom stereocenters. The number of Topliss-reactive ketones (excluding diaryl/α,β-unsaturated/α-hetero) is 1. The zero-order valence-corrected chi connectivity index (χ0v) is 16.3. The molecule has 1 aliphatic carbocycles. The zero-order valence-electron chi connectivity index (χ0n) is 15.5. The third-order valence-electron chi connectivity index (χ3n) is 5.50. The number of rotatable bonds is 4. The number of hydrogen-bond acceptors (Lipinski definition) is 7. The molecule has 0 spiro atoms. The Hall–Kier alpha value is -3.72. The van der Waals surface area contributed by atoms with Crippen LogP contribution in [0.3, 0.4) is 0 Å². The summed E-state index contributed by atoms with van der Waals surface area (Å²) < 4.78 is 10.0. The van der Waals surface area contributed by atoms with E-state index < -0.39 is 5.75 Å². The van der Waals surface area contributed by atoms with Crippen LogP contribution in [0.4, 0.5) is 0 Å². The molecule has 8 nitrogen and oxygen atoms in total. The summed E-state index contributed by atoms with van der Waals surface area (Å²) in [6, 6.07) is 10.9. The summed E-state index contributed by atoms with van der Waals surface area (Å²) >= 11 is 1.11. The SMILES string of the molecule is O=C(c1c(O)c(O)n(-c2ccc3nc[nH]c3c2)c1-c1ccc2nsnc2c1)C1CC1. The number of aromatic amines is 1. The van der Waals surface area contributed by atoms with Crippen LogP contribution in [0, 0.1) is 5.92 Å². The van der Waals surface area contributed by atoms with E-state index in [-0.39, 0.29) is 23.1 Å². The van der Waals surface area contributed by atoms with Crippen molar-refractivity contribution in [1.82, 2.24) is 23.3 Å². The molecule has 3 N–H and O–H groups in total. The van der Waals surface area contributed by atoms with Crippen molar-refractivity contribution < 1.29 is 15.0 Å². The van der Waals surface area contributed by atoms with Crippen molar-refractivity contribution in [2.24, 2.45) is 5.92 Å². The summed E-state index contributed by atoms with van der Waals surface area (Å²) in [5.41, 5.74) is 4.85. The molecule has 9 heteroatoms. The third-order valence-corrected chi connectivity index (χ3v) is 6.06. The van der Waals surface area contributed by atoms with Crippen molar-refractivity contribution in [1.29, 1.82) is 0 Å². The maximum atomic E-state index is 13.1. The Morgan fingerprint density at radius 3 is 2.70 bits per heavy atom. The number of benzene rings is 2. The van der Waals surface area contributed by atoms with Gasteiger partial charge in [-0.25, -0.2) is 4.98 Å². The molecule has 1 fully saturated rings. The van der Waals surface area contributed by atoms with Crippen molar-refractivity contribution in [2.75, 3.05) is 0 Å². The van der Waals surface area contributed by atoms with E-state index in [2.05, 4.69) is 18.7 Å². The lowest BCUT2D eigenvalue weighted by Gasteiger charge is -2.12. The Balaban J connectivity index is 1.66. The average molecular weight is 417 g/mol. The second kappa shape index (κ2) is 6.14. The van der Waals surface area contributed by atoms with Gasteiger partial charge in [0.05, 0.1) is 46.0 Å². The number of fused-ring (bicyclic) bond motifs is 2. The second-order valence-corrected chi connectivity index (χ2v) is 7.97. The fourth-order valence-corrected chi connectivity index (χ4v) is 4.36. The van der Waals surface area contributed by atoms with E-state index in [4.69, 9.17) is 0 Å². The molecule has 1 saturated carbocycles. The molecule has 30 heavy (non-hydrogen) atoms. The van der Waals surface area contributed by atoms with E-state index in [0.717, 1.165) is 41.1 Å². The minimum atomic E-state index is -0.400. The number of aromatic hydroxyl groups is 2. The number of carbonyl (C=O) groups excluding carboxylic acids is 1. The average Bonchev–Trinajstić information content (AvgIpc) is 3.21. The Labute approximate surface area is 173 Å². The number of nitrogens with one attached hydrogen (secondary N) is 1. The van der Waals surface area contributed by atoms with Gasteiger partial charge in [-0.2, -0.15) is 8.75 Å². The van der Waals surface area contributed by atoms with Gasteiger partial charge in [0.15, 0.2) is 11.5 Å². The number of imidazole rings is 1. The highest BCUT2D eigenvalue weighted by atomic mass is 32.1. The Kier molecular flexibility index (Phi) is 3.51. The number of aromatic nitrogens is 5. The number of H-pyrrole nitrogens is 1. The van der Waals surface area contributed by atoms with Crippen molar-refractivity contribution in [2.45, 2.75) is 12.8 Å². The van der Waals surface area contributed by atoms with Crippen LogP contribution in [0.25, 0.3) is 39.0 Å². The molecular weight excluding hydrogens is 402 g/mol. The highest BCUT2D eigenvalue weighted by Gasteiger charge is 2.37. The minimum Gasteiger partial charge on any atom is -0.503 e. The van der Waals surface area contributed by atoms with Gasteiger partial charge in [0.2, 0.25) is 5.88 Å². The first-order valence-electron chi connectivity index (χ1n) is 9.49. The van der Waals surface area contributed by atoms with Gasteiger partial charge in [-0.3, -0.25) is 9.36 Å². The lowest BCUT2D eigenvalue weighted by molar-refractivity contribution is 0.0965. The fraction of sp³-hybridized carbons (Fsp3) is 0.143. The molecule has 0 bridgehead atoms. The van der Waals surface area contributed by atoms with Crippen LogP contribution >= 0.6 is 11.7 Å². The van der Waals surface area contributed by atoms with Gasteiger partial charge in [-0.1, -0.05) is 6.07 Å². The van der Waals surface area contributed by atoms with E-state index in [9.17, 15) is 15.0 Å². The lowest BCUT2D eigenvalue weighted by atomic mass is 10.0. The van der Waals surface area contributed by atoms with Crippen LogP contribution in [0.15, 0.2) is 42.7 Å². The molecule has 5 aromatic rings. The molecule has 0 unspecified atom stereocenters. The smallest absolute Gasteiger partial charge is 0.240 e. The van der Waals surface area contributed by atoms with Gasteiger partial charge in [0, 0.05) is 11.5 Å². The van der Waals surface area contributed by atoms with Crippen LogP contribution < -0.4 is 0 Å². The topological polar surface area (TPSA) is 117 Å². The van der Waals surface area contributed by atoms with Crippen molar-refractivity contribution in [3.8, 4) is 28.6 Å². The largest absolute Gasteiger partial charge is 0.503 e. The van der Waals surface area contributed by atoms with Gasteiger partial charge in [-0.05, 0) is 43.2 Å². The van der Waals surface area contributed by atoms with Gasteiger partial charge in [0.25, 0.3) is 0 Å². The predicted molar refractivity (Wildman–Crippen MR) is 112 cm³/mol. The molecule has 2 aromatic carbocycles. The number of nitrogens with zero attached hydrogens (tertiary/aromatic N) is 4. The summed E-state index contributed by atoms with van der Waals surface area (Å²) in [4.78, 5) is 20.3. The molecule has 1 aliphatic rings. The standard InChI is InChI=1S/C21H15N5O3S/c27-19(10-1-2-10)17-18(11-3-5-14-16(7-11)25-30-24-14)26(21(29)20(17)28)12-4-6-13-15(8-12)23-9-22-13/h3-10,28-29H,1-2H2,(H,22,23). The summed E-state index contributed by atoms with van der Waals surface area (Å²) in [5.74, 6) is -1.05. The normalized spacial score (nSPS) is 14.0. The fourth-order valence-electron chi connectivity index (χ4n) is 3.85. The Bertz CT molecular complexity index is 1460. The summed E-state index contributed by atoms with van der Waals surface area (Å²) in [6.45, 7) is 0. The van der Waals surface area contributed by atoms with Crippen LogP contribution in [0.2, 0.25) is 0 Å². The molecule has 3 aromatic heterocycles. The first kappa shape index (κ1) is 17.2. The number of ketones is 1. The van der Waals surface area contributed by atoms with Crippen LogP contribution in [-0.2, 0) is 0 Å². The van der Waals surface area contributed by atoms with Crippen molar-refractivity contribution in [3.05, 3.63) is 48.3 Å². The van der Waals surface area contributed by atoms with Crippen LogP contribution in [0.1, 0.15) is 23.2 Å². The van der Waals surface area contributed by atoms with E-state index in [1.54, 1.807) is 12.4 Å². The van der Waals surface area contributed by atoms with E-state index in [1.165, 1.54) is 4.57 Å². The quantitative estimate of drug-likeness (QED) is 0.380. The monoisotopic (exact) mass is 417 g/mol. The van der Waals surface area contributed by atoms with Gasteiger partial charge in [0.1, 0.15) is 11.0 Å². The second-order valence-electron chi connectivity index (χ2n) is 7.44. The maximum Gasteiger partial charge on any atom is 0.240 e. The predicted octanol–water partition coefficient (Wildman–Crippen LogP) is 4.03. The Morgan fingerprint density at radius 2 is 1.87 bits per heavy atom. The van der Waals surface area contributed by atoms with Gasteiger partial charge >= 0.3 is 0 Å². The van der Waals surface area contributed by atoms with Crippen molar-refractivity contribution >= 4 is 39.6 Å². The molecule has 0 aliphatic heterocycles. The molecule has 148 valence electrons.